The van der Waals surface area contributed by atoms with Crippen molar-refractivity contribution < 1.29 is 15.1 Å². The maximum Gasteiger partial charge on any atom is 0.236 e. The fourth-order valence-corrected chi connectivity index (χ4v) is 2.37. The number of amides is 1. The van der Waals surface area contributed by atoms with Gasteiger partial charge in [-0.1, -0.05) is 5.16 Å². The highest BCUT2D eigenvalue weighted by atomic mass is 16.4. The van der Waals surface area contributed by atoms with Crippen molar-refractivity contribution in [1.29, 1.82) is 0 Å². The molecule has 2 fully saturated rings. The second-order valence-corrected chi connectivity index (χ2v) is 4.54. The van der Waals surface area contributed by atoms with Crippen LogP contribution in [-0.2, 0) is 4.79 Å². The van der Waals surface area contributed by atoms with Crippen LogP contribution in [0.3, 0.4) is 0 Å². The Morgan fingerprint density at radius 2 is 2.25 bits per heavy atom. The van der Waals surface area contributed by atoms with E-state index in [1.54, 1.807) is 4.90 Å². The molecule has 1 amide bonds. The molecule has 2 rings (SSSR count). The van der Waals surface area contributed by atoms with Crippen LogP contribution >= 0.6 is 0 Å². The molecule has 6 heteroatoms. The summed E-state index contributed by atoms with van der Waals surface area (Å²) in [4.78, 5) is 13.9. The first-order chi connectivity index (χ1) is 7.65. The summed E-state index contributed by atoms with van der Waals surface area (Å²) in [6.07, 6.45) is 3.00. The Morgan fingerprint density at radius 1 is 1.56 bits per heavy atom. The first-order valence-electron chi connectivity index (χ1n) is 5.55. The Labute approximate surface area is 93.7 Å². The third-order valence-corrected chi connectivity index (χ3v) is 3.61. The highest BCUT2D eigenvalue weighted by Gasteiger charge is 2.56. The van der Waals surface area contributed by atoms with Crippen LogP contribution in [0.1, 0.15) is 25.7 Å². The van der Waals surface area contributed by atoms with E-state index in [1.807, 2.05) is 0 Å². The molecule has 0 aromatic rings. The predicted octanol–water partition coefficient (Wildman–Crippen LogP) is -0.504. The lowest BCUT2D eigenvalue weighted by Crippen LogP contribution is -2.46. The van der Waals surface area contributed by atoms with Gasteiger partial charge in [0.1, 0.15) is 5.41 Å². The minimum atomic E-state index is -0.785. The minimum absolute atomic E-state index is 0.00101. The van der Waals surface area contributed by atoms with Crippen molar-refractivity contribution in [2.24, 2.45) is 16.3 Å². The molecule has 0 radical (unpaired) electrons. The Kier molecular flexibility index (Phi) is 2.75. The van der Waals surface area contributed by atoms with Gasteiger partial charge in [-0.2, -0.15) is 0 Å². The third-order valence-electron chi connectivity index (χ3n) is 3.61. The van der Waals surface area contributed by atoms with E-state index in [1.165, 1.54) is 0 Å². The van der Waals surface area contributed by atoms with Crippen LogP contribution in [0.15, 0.2) is 5.16 Å². The van der Waals surface area contributed by atoms with Crippen molar-refractivity contribution in [3.05, 3.63) is 0 Å². The summed E-state index contributed by atoms with van der Waals surface area (Å²) in [5.74, 6) is -0.0968. The number of carbonyl (C=O) groups excluding carboxylic acids is 1. The van der Waals surface area contributed by atoms with Crippen LogP contribution in [0.4, 0.5) is 0 Å². The molecule has 1 atom stereocenters. The molecule has 0 spiro atoms. The second-order valence-electron chi connectivity index (χ2n) is 4.54. The number of likely N-dealkylation sites (tertiary alicyclic amines) is 1. The number of hydrogen-bond acceptors (Lipinski definition) is 4. The molecule has 1 saturated carbocycles. The van der Waals surface area contributed by atoms with Gasteiger partial charge >= 0.3 is 0 Å². The molecule has 0 bridgehead atoms. The van der Waals surface area contributed by atoms with E-state index in [9.17, 15) is 4.79 Å². The molecular formula is C10H17N3O3. The third kappa shape index (κ3) is 1.53. The van der Waals surface area contributed by atoms with E-state index in [4.69, 9.17) is 16.0 Å². The van der Waals surface area contributed by atoms with Gasteiger partial charge in [0.2, 0.25) is 5.91 Å². The highest BCUT2D eigenvalue weighted by Crippen LogP contribution is 2.48. The zero-order valence-corrected chi connectivity index (χ0v) is 9.09. The van der Waals surface area contributed by atoms with Gasteiger partial charge < -0.3 is 20.9 Å². The quantitative estimate of drug-likeness (QED) is 0.262. The van der Waals surface area contributed by atoms with Crippen molar-refractivity contribution in [2.45, 2.75) is 31.7 Å². The number of aliphatic hydroxyl groups excluding tert-OH is 1. The summed E-state index contributed by atoms with van der Waals surface area (Å²) < 4.78 is 0. The van der Waals surface area contributed by atoms with Crippen LogP contribution in [0, 0.1) is 5.41 Å². The number of hydrogen-bond donors (Lipinski definition) is 3. The Bertz CT molecular complexity index is 325. The number of nitrogens with zero attached hydrogens (tertiary/aromatic N) is 2. The van der Waals surface area contributed by atoms with Gasteiger partial charge in [-0.3, -0.25) is 4.79 Å². The molecule has 1 heterocycles. The fraction of sp³-hybridized carbons (Fsp3) is 0.800. The Hall–Kier alpha value is -1.30. The van der Waals surface area contributed by atoms with Crippen molar-refractivity contribution in [3.63, 3.8) is 0 Å². The van der Waals surface area contributed by atoms with Crippen molar-refractivity contribution in [2.75, 3.05) is 13.2 Å². The van der Waals surface area contributed by atoms with E-state index in [0.29, 0.717) is 19.4 Å². The van der Waals surface area contributed by atoms with Gasteiger partial charge in [-0.15, -0.1) is 0 Å². The Morgan fingerprint density at radius 3 is 2.75 bits per heavy atom. The first-order valence-corrected chi connectivity index (χ1v) is 5.55. The van der Waals surface area contributed by atoms with Gasteiger partial charge in [0, 0.05) is 6.54 Å². The molecule has 6 nitrogen and oxygen atoms in total. The lowest BCUT2D eigenvalue weighted by atomic mass is 10.0. The van der Waals surface area contributed by atoms with E-state index in [0.717, 1.165) is 12.8 Å². The van der Waals surface area contributed by atoms with E-state index < -0.39 is 5.41 Å². The summed E-state index contributed by atoms with van der Waals surface area (Å²) in [5, 5.41) is 20.8. The number of nitrogens with two attached hydrogens (primary N) is 1. The monoisotopic (exact) mass is 227 g/mol. The molecule has 4 N–H and O–H groups in total. The van der Waals surface area contributed by atoms with Gasteiger partial charge in [0.15, 0.2) is 5.84 Å². The van der Waals surface area contributed by atoms with Crippen LogP contribution in [0.5, 0.6) is 0 Å². The SMILES string of the molecule is NC(=NO)C1(C(=O)N2CCCC2CO)CC1. The van der Waals surface area contributed by atoms with Crippen molar-refractivity contribution in [1.82, 2.24) is 4.90 Å². The largest absolute Gasteiger partial charge is 0.409 e. The van der Waals surface area contributed by atoms with E-state index in [2.05, 4.69) is 5.16 Å². The summed E-state index contributed by atoms with van der Waals surface area (Å²) >= 11 is 0. The van der Waals surface area contributed by atoms with E-state index in [-0.39, 0.29) is 24.4 Å². The minimum Gasteiger partial charge on any atom is -0.409 e. The number of carbonyl (C=O) groups is 1. The zero-order chi connectivity index (χ0) is 11.8. The molecule has 1 saturated heterocycles. The number of aliphatic hydroxyl groups is 1. The zero-order valence-electron chi connectivity index (χ0n) is 9.09. The van der Waals surface area contributed by atoms with Crippen molar-refractivity contribution >= 4 is 11.7 Å². The molecule has 90 valence electrons. The number of amidine groups is 1. The Balaban J connectivity index is 2.13. The van der Waals surface area contributed by atoms with Crippen LogP contribution in [0.2, 0.25) is 0 Å². The van der Waals surface area contributed by atoms with Crippen molar-refractivity contribution in [3.8, 4) is 0 Å². The first kappa shape index (κ1) is 11.2. The molecule has 1 aliphatic carbocycles. The summed E-state index contributed by atoms with van der Waals surface area (Å²) in [6.45, 7) is 0.641. The van der Waals surface area contributed by atoms with Gasteiger partial charge in [-0.05, 0) is 25.7 Å². The molecule has 1 aliphatic heterocycles. The average molecular weight is 227 g/mol. The summed E-state index contributed by atoms with van der Waals surface area (Å²) in [7, 11) is 0. The van der Waals surface area contributed by atoms with Crippen LogP contribution < -0.4 is 5.73 Å². The number of rotatable bonds is 3. The van der Waals surface area contributed by atoms with Gasteiger partial charge in [0.25, 0.3) is 0 Å². The molecule has 0 aromatic carbocycles. The number of oxime groups is 1. The maximum absolute atomic E-state index is 12.2. The molecule has 0 aromatic heterocycles. The standard InChI is InChI=1S/C10H17N3O3/c11-8(12-16)10(3-4-10)9(15)13-5-1-2-7(13)6-14/h7,14,16H,1-6H2,(H2,11,12). The molecule has 2 aliphatic rings. The second kappa shape index (κ2) is 3.93. The smallest absolute Gasteiger partial charge is 0.236 e. The van der Waals surface area contributed by atoms with Crippen LogP contribution in [0.25, 0.3) is 0 Å². The lowest BCUT2D eigenvalue weighted by Gasteiger charge is -2.27. The predicted molar refractivity (Wildman–Crippen MR) is 56.9 cm³/mol. The van der Waals surface area contributed by atoms with E-state index >= 15 is 0 Å². The summed E-state index contributed by atoms with van der Waals surface area (Å²) in [5.41, 5.74) is 4.77. The van der Waals surface area contributed by atoms with Gasteiger partial charge in [0.05, 0.1) is 12.6 Å². The lowest BCUT2D eigenvalue weighted by molar-refractivity contribution is -0.136. The van der Waals surface area contributed by atoms with Crippen LogP contribution in [-0.4, -0.2) is 46.1 Å². The molecular weight excluding hydrogens is 210 g/mol. The maximum atomic E-state index is 12.2. The fourth-order valence-electron chi connectivity index (χ4n) is 2.37. The average Bonchev–Trinajstić information content (AvgIpc) is 2.98. The summed E-state index contributed by atoms with van der Waals surface area (Å²) in [6, 6.07) is -0.100. The van der Waals surface area contributed by atoms with Gasteiger partial charge in [-0.25, -0.2) is 0 Å². The normalized spacial score (nSPS) is 28.2. The molecule has 16 heavy (non-hydrogen) atoms. The highest BCUT2D eigenvalue weighted by molar-refractivity contribution is 6.09. The topological polar surface area (TPSA) is 99.2 Å². The molecule has 1 unspecified atom stereocenters.